The maximum absolute atomic E-state index is 12.5. The van der Waals surface area contributed by atoms with Crippen LogP contribution in [0.5, 0.6) is 0 Å². The number of benzene rings is 1. The van der Waals surface area contributed by atoms with Crippen molar-refractivity contribution in [2.45, 2.75) is 25.4 Å². The van der Waals surface area contributed by atoms with Crippen LogP contribution < -0.4 is 5.32 Å². The zero-order chi connectivity index (χ0) is 15.9. The predicted octanol–water partition coefficient (Wildman–Crippen LogP) is 1.10. The van der Waals surface area contributed by atoms with Crippen LogP contribution in [0.3, 0.4) is 0 Å². The largest absolute Gasteiger partial charge is 0.378 e. The average molecular weight is 317 g/mol. The highest BCUT2D eigenvalue weighted by Gasteiger charge is 2.23. The Bertz CT molecular complexity index is 488. The first-order valence-corrected chi connectivity index (χ1v) is 8.66. The molecular weight excluding hydrogens is 290 g/mol. The molecule has 2 saturated heterocycles. The zero-order valence-electron chi connectivity index (χ0n) is 13.7. The van der Waals surface area contributed by atoms with Gasteiger partial charge >= 0.3 is 0 Å². The Morgan fingerprint density at radius 1 is 1.17 bits per heavy atom. The predicted molar refractivity (Wildman–Crippen MR) is 90.1 cm³/mol. The van der Waals surface area contributed by atoms with Crippen LogP contribution in [0.15, 0.2) is 30.3 Å². The van der Waals surface area contributed by atoms with Crippen molar-refractivity contribution < 1.29 is 9.53 Å². The molecule has 2 fully saturated rings. The number of hydrogen-bond acceptors (Lipinski definition) is 4. The molecule has 3 rings (SSSR count). The van der Waals surface area contributed by atoms with E-state index in [0.29, 0.717) is 13.0 Å². The lowest BCUT2D eigenvalue weighted by atomic mass is 10.1. The van der Waals surface area contributed by atoms with Gasteiger partial charge in [-0.05, 0) is 12.0 Å². The number of ether oxygens (including phenoxy) is 1. The third kappa shape index (κ3) is 5.03. The summed E-state index contributed by atoms with van der Waals surface area (Å²) in [7, 11) is 0. The van der Waals surface area contributed by atoms with E-state index in [1.165, 1.54) is 5.56 Å². The Balaban J connectivity index is 1.46. The molecular formula is C18H27N3O2. The summed E-state index contributed by atoms with van der Waals surface area (Å²) in [6.07, 6.45) is 1.60. The van der Waals surface area contributed by atoms with Crippen LogP contribution in [0.1, 0.15) is 18.4 Å². The van der Waals surface area contributed by atoms with Crippen LogP contribution in [-0.2, 0) is 16.1 Å². The van der Waals surface area contributed by atoms with Gasteiger partial charge < -0.3 is 15.0 Å². The summed E-state index contributed by atoms with van der Waals surface area (Å²) < 4.78 is 5.44. The molecule has 0 bridgehead atoms. The van der Waals surface area contributed by atoms with Gasteiger partial charge in [0, 0.05) is 51.7 Å². The molecule has 1 aromatic rings. The number of hydrogen-bond donors (Lipinski definition) is 1. The molecule has 1 unspecified atom stereocenters. The summed E-state index contributed by atoms with van der Waals surface area (Å²) in [5.41, 5.74) is 1.34. The van der Waals surface area contributed by atoms with Crippen molar-refractivity contribution in [1.82, 2.24) is 15.1 Å². The lowest BCUT2D eigenvalue weighted by molar-refractivity contribution is -0.132. The summed E-state index contributed by atoms with van der Waals surface area (Å²) >= 11 is 0. The minimum absolute atomic E-state index is 0.180. The van der Waals surface area contributed by atoms with Crippen LogP contribution in [0.4, 0.5) is 0 Å². The second kappa shape index (κ2) is 8.43. The minimum atomic E-state index is 0.180. The molecule has 1 amide bonds. The Morgan fingerprint density at radius 2 is 2.04 bits per heavy atom. The molecule has 0 spiro atoms. The Hall–Kier alpha value is -1.43. The van der Waals surface area contributed by atoms with Gasteiger partial charge in [0.15, 0.2) is 0 Å². The van der Waals surface area contributed by atoms with Crippen molar-refractivity contribution in [2.75, 3.05) is 45.9 Å². The first kappa shape index (κ1) is 16.4. The summed E-state index contributed by atoms with van der Waals surface area (Å²) in [4.78, 5) is 17.0. The molecule has 2 aliphatic rings. The second-order valence-corrected chi connectivity index (χ2v) is 6.43. The van der Waals surface area contributed by atoms with Crippen LogP contribution >= 0.6 is 0 Å². The number of morpholine rings is 1. The highest BCUT2D eigenvalue weighted by molar-refractivity contribution is 5.76. The lowest BCUT2D eigenvalue weighted by Crippen LogP contribution is -2.45. The van der Waals surface area contributed by atoms with Gasteiger partial charge in [-0.1, -0.05) is 30.3 Å². The molecule has 2 aliphatic heterocycles. The molecule has 1 N–H and O–H groups in total. The van der Waals surface area contributed by atoms with E-state index in [1.807, 2.05) is 4.90 Å². The van der Waals surface area contributed by atoms with Gasteiger partial charge in [-0.15, -0.1) is 0 Å². The number of amides is 1. The quantitative estimate of drug-likeness (QED) is 0.903. The maximum atomic E-state index is 12.5. The summed E-state index contributed by atoms with van der Waals surface area (Å²) in [5.74, 6) is 0.259. The number of carbonyl (C=O) groups is 1. The van der Waals surface area contributed by atoms with Gasteiger partial charge in [0.1, 0.15) is 0 Å². The van der Waals surface area contributed by atoms with Gasteiger partial charge in [0.25, 0.3) is 0 Å². The van der Waals surface area contributed by atoms with Crippen molar-refractivity contribution in [3.05, 3.63) is 35.9 Å². The first-order chi connectivity index (χ1) is 11.3. The molecule has 1 aromatic carbocycles. The molecule has 2 heterocycles. The summed E-state index contributed by atoms with van der Waals surface area (Å²) in [6, 6.07) is 10.7. The van der Waals surface area contributed by atoms with Crippen molar-refractivity contribution in [1.29, 1.82) is 0 Å². The third-order valence-electron chi connectivity index (χ3n) is 4.61. The van der Waals surface area contributed by atoms with E-state index in [9.17, 15) is 4.79 Å². The van der Waals surface area contributed by atoms with Crippen molar-refractivity contribution >= 4 is 5.91 Å². The molecule has 5 heteroatoms. The van der Waals surface area contributed by atoms with Gasteiger partial charge in [0.2, 0.25) is 5.91 Å². The van der Waals surface area contributed by atoms with Crippen LogP contribution in [0.2, 0.25) is 0 Å². The monoisotopic (exact) mass is 317 g/mol. The molecule has 0 radical (unpaired) electrons. The highest BCUT2D eigenvalue weighted by atomic mass is 16.5. The van der Waals surface area contributed by atoms with Gasteiger partial charge in [-0.2, -0.15) is 0 Å². The topological polar surface area (TPSA) is 44.8 Å². The fourth-order valence-electron chi connectivity index (χ4n) is 3.31. The normalized spacial score (nSPS) is 23.5. The molecule has 126 valence electrons. The SMILES string of the molecule is O=C(CC1COCCN1)N1CCCN(Cc2ccccc2)CC1. The van der Waals surface area contributed by atoms with E-state index in [4.69, 9.17) is 4.74 Å². The van der Waals surface area contributed by atoms with Crippen molar-refractivity contribution in [3.8, 4) is 0 Å². The van der Waals surface area contributed by atoms with E-state index in [0.717, 1.165) is 52.3 Å². The van der Waals surface area contributed by atoms with E-state index in [-0.39, 0.29) is 11.9 Å². The molecule has 0 saturated carbocycles. The lowest BCUT2D eigenvalue weighted by Gasteiger charge is -2.27. The third-order valence-corrected chi connectivity index (χ3v) is 4.61. The first-order valence-electron chi connectivity index (χ1n) is 8.66. The van der Waals surface area contributed by atoms with E-state index < -0.39 is 0 Å². The smallest absolute Gasteiger partial charge is 0.224 e. The summed E-state index contributed by atoms with van der Waals surface area (Å²) in [6.45, 7) is 6.95. The molecule has 1 atom stereocenters. The maximum Gasteiger partial charge on any atom is 0.224 e. The molecule has 0 aromatic heterocycles. The van der Waals surface area contributed by atoms with Crippen molar-refractivity contribution in [2.24, 2.45) is 0 Å². The average Bonchev–Trinajstić information content (AvgIpc) is 2.82. The molecule has 5 nitrogen and oxygen atoms in total. The molecule has 23 heavy (non-hydrogen) atoms. The van der Waals surface area contributed by atoms with E-state index >= 15 is 0 Å². The zero-order valence-corrected chi connectivity index (χ0v) is 13.7. The Morgan fingerprint density at radius 3 is 2.83 bits per heavy atom. The molecule has 0 aliphatic carbocycles. The fourth-order valence-corrected chi connectivity index (χ4v) is 3.31. The van der Waals surface area contributed by atoms with E-state index in [1.54, 1.807) is 0 Å². The van der Waals surface area contributed by atoms with E-state index in [2.05, 4.69) is 40.5 Å². The summed E-state index contributed by atoms with van der Waals surface area (Å²) in [5, 5.41) is 3.36. The number of nitrogens with zero attached hydrogens (tertiary/aromatic N) is 2. The Labute approximate surface area is 138 Å². The second-order valence-electron chi connectivity index (χ2n) is 6.43. The van der Waals surface area contributed by atoms with Gasteiger partial charge in [0.05, 0.1) is 13.2 Å². The fraction of sp³-hybridized carbons (Fsp3) is 0.611. The Kier molecular flexibility index (Phi) is 6.02. The minimum Gasteiger partial charge on any atom is -0.378 e. The number of nitrogens with one attached hydrogen (secondary N) is 1. The van der Waals surface area contributed by atoms with Crippen LogP contribution in [-0.4, -0.2) is 67.7 Å². The van der Waals surface area contributed by atoms with Gasteiger partial charge in [-0.3, -0.25) is 9.69 Å². The number of rotatable bonds is 4. The van der Waals surface area contributed by atoms with Crippen LogP contribution in [0, 0.1) is 0 Å². The van der Waals surface area contributed by atoms with Crippen LogP contribution in [0.25, 0.3) is 0 Å². The van der Waals surface area contributed by atoms with Crippen molar-refractivity contribution in [3.63, 3.8) is 0 Å². The van der Waals surface area contributed by atoms with Gasteiger partial charge in [-0.25, -0.2) is 0 Å². The number of carbonyl (C=O) groups excluding carboxylic acids is 1. The highest BCUT2D eigenvalue weighted by Crippen LogP contribution is 2.11. The standard InChI is InChI=1S/C18H27N3O2/c22-18(13-17-15-23-12-7-19-17)21-9-4-8-20(10-11-21)14-16-5-2-1-3-6-16/h1-3,5-6,17,19H,4,7-15H2.